The number of rotatable bonds is 10. The first-order valence-corrected chi connectivity index (χ1v) is 14.4. The molecule has 14 heteroatoms. The lowest BCUT2D eigenvalue weighted by molar-refractivity contribution is -0.154. The maximum atomic E-state index is 13.4. The van der Waals surface area contributed by atoms with Crippen molar-refractivity contribution in [2.24, 2.45) is 0 Å². The maximum absolute atomic E-state index is 13.4. The number of halogens is 4. The van der Waals surface area contributed by atoms with E-state index in [4.69, 9.17) is 4.74 Å². The molecule has 2 N–H and O–H groups in total. The van der Waals surface area contributed by atoms with Crippen molar-refractivity contribution >= 4 is 23.5 Å². The van der Waals surface area contributed by atoms with Crippen molar-refractivity contribution < 1.29 is 31.9 Å². The van der Waals surface area contributed by atoms with Crippen LogP contribution in [0.3, 0.4) is 0 Å². The van der Waals surface area contributed by atoms with Crippen LogP contribution in [0, 0.1) is 12.7 Å². The zero-order valence-corrected chi connectivity index (χ0v) is 24.9. The van der Waals surface area contributed by atoms with E-state index in [0.29, 0.717) is 42.9 Å². The number of hydrogen-bond donors (Lipinski definition) is 2. The van der Waals surface area contributed by atoms with Crippen LogP contribution in [-0.4, -0.2) is 82.1 Å². The quantitative estimate of drug-likeness (QED) is 0.236. The molecule has 0 bridgehead atoms. The summed E-state index contributed by atoms with van der Waals surface area (Å²) in [6.45, 7) is 2.52. The Morgan fingerprint density at radius 3 is 2.33 bits per heavy atom. The molecular weight excluding hydrogens is 606 g/mol. The number of hydrogen-bond acceptors (Lipinski definition) is 8. The monoisotopic (exact) mass is 637 g/mol. The molecule has 1 fully saturated rings. The number of nitrogens with zero attached hydrogens (tertiary/aromatic N) is 5. The minimum atomic E-state index is -4.62. The van der Waals surface area contributed by atoms with E-state index in [0.717, 1.165) is 11.3 Å². The number of ether oxygens (including phenoxy) is 1. The number of carbonyl (C=O) groups excluding carboxylic acids is 2. The fourth-order valence-corrected chi connectivity index (χ4v) is 4.68. The highest BCUT2D eigenvalue weighted by atomic mass is 19.4. The predicted molar refractivity (Wildman–Crippen MR) is 163 cm³/mol. The van der Waals surface area contributed by atoms with Crippen LogP contribution in [0.15, 0.2) is 72.8 Å². The van der Waals surface area contributed by atoms with Crippen LogP contribution in [-0.2, 0) is 11.3 Å². The number of carbonyl (C=O) groups is 2. The summed E-state index contributed by atoms with van der Waals surface area (Å²) in [6, 6.07) is 19.0. The Bertz CT molecular complexity index is 1660. The first kappa shape index (κ1) is 32.3. The summed E-state index contributed by atoms with van der Waals surface area (Å²) >= 11 is 0. The largest absolute Gasteiger partial charge is 0.454 e. The van der Waals surface area contributed by atoms with E-state index in [-0.39, 0.29) is 36.7 Å². The van der Waals surface area contributed by atoms with Crippen molar-refractivity contribution in [2.45, 2.75) is 19.6 Å². The number of benzene rings is 3. The molecule has 5 rings (SSSR count). The molecule has 0 aliphatic carbocycles. The third-order valence-electron chi connectivity index (χ3n) is 7.07. The van der Waals surface area contributed by atoms with E-state index in [1.807, 2.05) is 36.1 Å². The van der Waals surface area contributed by atoms with Gasteiger partial charge in [0.05, 0.1) is 6.54 Å². The van der Waals surface area contributed by atoms with Crippen LogP contribution < -0.4 is 15.4 Å². The van der Waals surface area contributed by atoms with Crippen molar-refractivity contribution in [3.63, 3.8) is 0 Å². The number of anilines is 2. The molecule has 1 aromatic heterocycles. The third-order valence-corrected chi connectivity index (χ3v) is 7.07. The Kier molecular flexibility index (Phi) is 10.1. The van der Waals surface area contributed by atoms with E-state index in [1.54, 1.807) is 41.3 Å². The van der Waals surface area contributed by atoms with Crippen LogP contribution >= 0.6 is 0 Å². The van der Waals surface area contributed by atoms with Crippen LogP contribution in [0.4, 0.5) is 29.2 Å². The van der Waals surface area contributed by atoms with E-state index < -0.39 is 24.6 Å². The standard InChI is InChI=1S/C32H31F4N7O3/c1-21-5-11-26(12-6-21)38-27(44)19-42-13-15-43(16-14-42)29(45)24-4-2-3-23(17-24)28-39-30(37-18-22-7-9-25(33)10-8-22)41-31(40-28)46-20-32(34,35)36/h2-12,17H,13-16,18-20H2,1H3,(H,38,44)(H,37,39,40,41). The van der Waals surface area contributed by atoms with Gasteiger partial charge in [-0.1, -0.05) is 42.0 Å². The summed E-state index contributed by atoms with van der Waals surface area (Å²) in [5.41, 5.74) is 3.19. The molecule has 3 aromatic carbocycles. The number of amides is 2. The Morgan fingerprint density at radius 1 is 0.913 bits per heavy atom. The SMILES string of the molecule is Cc1ccc(NC(=O)CN2CCN(C(=O)c3cccc(-c4nc(NCc5ccc(F)cc5)nc(OCC(F)(F)F)n4)c3)CC2)cc1. The molecule has 10 nitrogen and oxygen atoms in total. The van der Waals surface area contributed by atoms with Gasteiger partial charge in [0.15, 0.2) is 12.4 Å². The molecule has 1 aliphatic rings. The van der Waals surface area contributed by atoms with Gasteiger partial charge in [-0.15, -0.1) is 0 Å². The van der Waals surface area contributed by atoms with Gasteiger partial charge in [0.2, 0.25) is 11.9 Å². The molecule has 0 saturated carbocycles. The van der Waals surface area contributed by atoms with E-state index >= 15 is 0 Å². The summed E-state index contributed by atoms with van der Waals surface area (Å²) in [5, 5.41) is 5.78. The normalized spacial score (nSPS) is 13.7. The molecule has 2 heterocycles. The molecule has 4 aromatic rings. The summed E-state index contributed by atoms with van der Waals surface area (Å²) in [6.07, 6.45) is -4.62. The molecule has 240 valence electrons. The van der Waals surface area contributed by atoms with Crippen molar-refractivity contribution in [2.75, 3.05) is 50.0 Å². The lowest BCUT2D eigenvalue weighted by Gasteiger charge is -2.34. The summed E-state index contributed by atoms with van der Waals surface area (Å²) in [7, 11) is 0. The highest BCUT2D eigenvalue weighted by Crippen LogP contribution is 2.23. The number of aryl methyl sites for hydroxylation is 1. The van der Waals surface area contributed by atoms with Gasteiger partial charge in [0, 0.05) is 49.5 Å². The zero-order valence-electron chi connectivity index (χ0n) is 24.9. The van der Waals surface area contributed by atoms with Crippen molar-refractivity contribution in [1.82, 2.24) is 24.8 Å². The lowest BCUT2D eigenvalue weighted by Crippen LogP contribution is -2.50. The van der Waals surface area contributed by atoms with Gasteiger partial charge in [0.1, 0.15) is 5.82 Å². The minimum absolute atomic E-state index is 0.00663. The summed E-state index contributed by atoms with van der Waals surface area (Å²) < 4.78 is 56.7. The zero-order chi connectivity index (χ0) is 32.7. The maximum Gasteiger partial charge on any atom is 0.422 e. The predicted octanol–water partition coefficient (Wildman–Crippen LogP) is 4.94. The first-order chi connectivity index (χ1) is 22.0. The minimum Gasteiger partial charge on any atom is -0.454 e. The Hall–Kier alpha value is -5.11. The molecule has 2 amide bonds. The van der Waals surface area contributed by atoms with Gasteiger partial charge >= 0.3 is 12.2 Å². The van der Waals surface area contributed by atoms with Gasteiger partial charge in [-0.05, 0) is 48.9 Å². The highest BCUT2D eigenvalue weighted by Gasteiger charge is 2.29. The van der Waals surface area contributed by atoms with Gasteiger partial charge in [-0.3, -0.25) is 14.5 Å². The van der Waals surface area contributed by atoms with Crippen LogP contribution in [0.1, 0.15) is 21.5 Å². The van der Waals surface area contributed by atoms with E-state index in [2.05, 4.69) is 25.6 Å². The van der Waals surface area contributed by atoms with Gasteiger partial charge in [-0.2, -0.15) is 28.1 Å². The molecule has 0 spiro atoms. The van der Waals surface area contributed by atoms with Crippen LogP contribution in [0.5, 0.6) is 6.01 Å². The molecule has 1 saturated heterocycles. The van der Waals surface area contributed by atoms with Crippen molar-refractivity contribution in [3.8, 4) is 17.4 Å². The molecule has 0 unspecified atom stereocenters. The fourth-order valence-electron chi connectivity index (χ4n) is 4.68. The molecular formula is C32H31F4N7O3. The van der Waals surface area contributed by atoms with Crippen molar-refractivity contribution in [3.05, 3.63) is 95.3 Å². The average molecular weight is 638 g/mol. The summed E-state index contributed by atoms with van der Waals surface area (Å²) in [4.78, 5) is 41.9. The Balaban J connectivity index is 1.24. The van der Waals surface area contributed by atoms with Gasteiger partial charge in [0.25, 0.3) is 5.91 Å². The fraction of sp³-hybridized carbons (Fsp3) is 0.281. The van der Waals surface area contributed by atoms with Crippen LogP contribution in [0.25, 0.3) is 11.4 Å². The van der Waals surface area contributed by atoms with Gasteiger partial charge in [-0.25, -0.2) is 4.39 Å². The van der Waals surface area contributed by atoms with Gasteiger partial charge < -0.3 is 20.3 Å². The number of aromatic nitrogens is 3. The smallest absolute Gasteiger partial charge is 0.422 e. The molecule has 46 heavy (non-hydrogen) atoms. The second-order valence-corrected chi connectivity index (χ2v) is 10.7. The van der Waals surface area contributed by atoms with E-state index in [1.165, 1.54) is 12.1 Å². The average Bonchev–Trinajstić information content (AvgIpc) is 3.04. The Labute approximate surface area is 262 Å². The topological polar surface area (TPSA) is 113 Å². The second kappa shape index (κ2) is 14.3. The molecule has 0 atom stereocenters. The molecule has 0 radical (unpaired) electrons. The third kappa shape index (κ3) is 9.20. The van der Waals surface area contributed by atoms with E-state index in [9.17, 15) is 27.2 Å². The number of nitrogens with one attached hydrogen (secondary N) is 2. The summed E-state index contributed by atoms with van der Waals surface area (Å²) in [5.74, 6) is -0.869. The Morgan fingerprint density at radius 2 is 1.63 bits per heavy atom. The lowest BCUT2D eigenvalue weighted by atomic mass is 10.1. The number of piperazine rings is 1. The van der Waals surface area contributed by atoms with Crippen LogP contribution in [0.2, 0.25) is 0 Å². The highest BCUT2D eigenvalue weighted by molar-refractivity contribution is 5.95. The molecule has 1 aliphatic heterocycles. The number of alkyl halides is 3. The first-order valence-electron chi connectivity index (χ1n) is 14.4. The second-order valence-electron chi connectivity index (χ2n) is 10.7. The van der Waals surface area contributed by atoms with Crippen molar-refractivity contribution in [1.29, 1.82) is 0 Å².